The molecule has 8 nitrogen and oxygen atoms in total. The van der Waals surface area contributed by atoms with Crippen molar-refractivity contribution in [3.63, 3.8) is 0 Å². The summed E-state index contributed by atoms with van der Waals surface area (Å²) in [6.07, 6.45) is 3.21. The molecule has 0 amide bonds. The van der Waals surface area contributed by atoms with Crippen LogP contribution in [-0.4, -0.2) is 49.2 Å². The molecule has 0 radical (unpaired) electrons. The van der Waals surface area contributed by atoms with Gasteiger partial charge in [0.25, 0.3) is 0 Å². The summed E-state index contributed by atoms with van der Waals surface area (Å²) in [4.78, 5) is 55.0. The third kappa shape index (κ3) is 3.49. The normalized spacial score (nSPS) is 35.5. The summed E-state index contributed by atoms with van der Waals surface area (Å²) in [5, 5.41) is 46.9. The average molecular weight is 565 g/mol. The average Bonchev–Trinajstić information content (AvgIpc) is 3.43. The van der Waals surface area contributed by atoms with Crippen molar-refractivity contribution in [2.45, 2.75) is 85.2 Å². The van der Waals surface area contributed by atoms with Gasteiger partial charge in [-0.2, -0.15) is 0 Å². The first-order valence-electron chi connectivity index (χ1n) is 14.6. The molecule has 1 aromatic carbocycles. The highest BCUT2D eigenvalue weighted by molar-refractivity contribution is 6.25. The van der Waals surface area contributed by atoms with Gasteiger partial charge in [-0.1, -0.05) is 59.6 Å². The molecule has 1 fully saturated rings. The third-order valence-electron chi connectivity index (χ3n) is 11.2. The minimum absolute atomic E-state index is 0.0269. The van der Waals surface area contributed by atoms with Gasteiger partial charge in [0.15, 0.2) is 17.2 Å². The van der Waals surface area contributed by atoms with Crippen molar-refractivity contribution in [3.8, 4) is 5.75 Å². The molecular weight excluding hydrogens is 524 g/mol. The summed E-state index contributed by atoms with van der Waals surface area (Å²) in [7, 11) is 0. The number of benzene rings is 1. The fraction of sp³-hybridized carbons (Fsp3) is 0.576. The summed E-state index contributed by atoms with van der Waals surface area (Å²) in [5.74, 6) is -7.43. The van der Waals surface area contributed by atoms with E-state index in [1.807, 2.05) is 6.92 Å². The Morgan fingerprint density at radius 1 is 1.05 bits per heavy atom. The zero-order valence-electron chi connectivity index (χ0n) is 24.6. The van der Waals surface area contributed by atoms with E-state index in [0.29, 0.717) is 5.56 Å². The predicted octanol–water partition coefficient (Wildman–Crippen LogP) is 5.28. The van der Waals surface area contributed by atoms with E-state index in [1.54, 1.807) is 39.8 Å². The molecule has 0 aromatic heterocycles. The summed E-state index contributed by atoms with van der Waals surface area (Å²) >= 11 is 0. The lowest BCUT2D eigenvalue weighted by molar-refractivity contribution is -0.194. The lowest BCUT2D eigenvalue weighted by Gasteiger charge is -2.65. The quantitative estimate of drug-likeness (QED) is 0.353. The van der Waals surface area contributed by atoms with Crippen molar-refractivity contribution in [2.75, 3.05) is 0 Å². The maximum atomic E-state index is 14.2. The number of phenolic OH excluding ortho intramolecular Hbond substituents is 1. The van der Waals surface area contributed by atoms with E-state index in [9.17, 15) is 39.6 Å². The fourth-order valence-electron chi connectivity index (χ4n) is 9.14. The van der Waals surface area contributed by atoms with Crippen LogP contribution >= 0.6 is 0 Å². The standard InChI is InChI=1S/C33H40O8/c1-15(2)25-27(37)23(17(4)34)29(39)33(41)30(40)26-28(38)24-19(12-9-13-20(24)35)16(3)31(26,5)22(32(25,33)6)14-21(36)18-10-7-8-11-18/h9,12-13,15-16,18,22,25,35,37,40-41H,7-8,10-11,14H2,1-6H3/t16-,22-,25?,31-,32-,33+/m1/s1. The van der Waals surface area contributed by atoms with Gasteiger partial charge in [-0.05, 0) is 49.1 Å². The molecule has 0 spiro atoms. The lowest BCUT2D eigenvalue weighted by Crippen LogP contribution is -2.71. The Bertz CT molecular complexity index is 1440. The highest BCUT2D eigenvalue weighted by atomic mass is 16.4. The Morgan fingerprint density at radius 3 is 2.22 bits per heavy atom. The molecule has 1 saturated carbocycles. The van der Waals surface area contributed by atoms with E-state index in [1.165, 1.54) is 6.07 Å². The molecule has 5 rings (SSSR count). The number of hydrogen-bond donors (Lipinski definition) is 4. The highest BCUT2D eigenvalue weighted by Gasteiger charge is 2.75. The Balaban J connectivity index is 1.90. The Morgan fingerprint density at radius 2 is 1.66 bits per heavy atom. The Kier molecular flexibility index (Phi) is 6.69. The summed E-state index contributed by atoms with van der Waals surface area (Å²) in [5.41, 5.74) is -6.07. The van der Waals surface area contributed by atoms with Crippen molar-refractivity contribution in [2.24, 2.45) is 34.5 Å². The Labute approximate surface area is 240 Å². The number of aliphatic hydroxyl groups excluding tert-OH is 2. The van der Waals surface area contributed by atoms with E-state index in [2.05, 4.69) is 0 Å². The van der Waals surface area contributed by atoms with Crippen molar-refractivity contribution >= 4 is 23.1 Å². The van der Waals surface area contributed by atoms with E-state index in [0.717, 1.165) is 32.6 Å². The van der Waals surface area contributed by atoms with Crippen LogP contribution in [0.5, 0.6) is 5.75 Å². The van der Waals surface area contributed by atoms with Gasteiger partial charge in [0.05, 0.1) is 5.56 Å². The molecule has 8 heteroatoms. The summed E-state index contributed by atoms with van der Waals surface area (Å²) in [6.45, 7) is 9.91. The van der Waals surface area contributed by atoms with Crippen LogP contribution in [0, 0.1) is 34.5 Å². The van der Waals surface area contributed by atoms with Crippen LogP contribution < -0.4 is 0 Å². The molecule has 6 atom stereocenters. The fourth-order valence-corrected chi connectivity index (χ4v) is 9.14. The molecule has 0 bridgehead atoms. The van der Waals surface area contributed by atoms with E-state index in [-0.39, 0.29) is 35.0 Å². The molecule has 4 N–H and O–H groups in total. The van der Waals surface area contributed by atoms with Crippen LogP contribution in [0.2, 0.25) is 0 Å². The number of hydrogen-bond acceptors (Lipinski definition) is 8. The van der Waals surface area contributed by atoms with E-state index >= 15 is 0 Å². The first-order valence-corrected chi connectivity index (χ1v) is 14.6. The van der Waals surface area contributed by atoms with E-state index in [4.69, 9.17) is 0 Å². The highest BCUT2D eigenvalue weighted by Crippen LogP contribution is 2.71. The minimum Gasteiger partial charge on any atom is -0.511 e. The largest absolute Gasteiger partial charge is 0.511 e. The van der Waals surface area contributed by atoms with Crippen LogP contribution in [0.3, 0.4) is 0 Å². The SMILES string of the molecule is CC(=O)C1=C(O)C(C(C)C)[C@@]2(C)[C@H](CC(=O)C3CCCC3)[C@]3(C)C(=C(O)[C@@]2(O)C1=O)C(=O)c1c(O)cccc1[C@H]3C. The van der Waals surface area contributed by atoms with Crippen LogP contribution in [-0.2, 0) is 14.4 Å². The van der Waals surface area contributed by atoms with Crippen LogP contribution in [0.4, 0.5) is 0 Å². The summed E-state index contributed by atoms with van der Waals surface area (Å²) in [6, 6.07) is 4.72. The van der Waals surface area contributed by atoms with Crippen LogP contribution in [0.1, 0.15) is 95.5 Å². The third-order valence-corrected chi connectivity index (χ3v) is 11.2. The van der Waals surface area contributed by atoms with Crippen molar-refractivity contribution in [1.82, 2.24) is 0 Å². The maximum Gasteiger partial charge on any atom is 0.209 e. The lowest BCUT2D eigenvalue weighted by atomic mass is 9.38. The molecule has 4 aliphatic rings. The zero-order chi connectivity index (χ0) is 30.4. The first kappa shape index (κ1) is 29.2. The zero-order valence-corrected chi connectivity index (χ0v) is 24.6. The second-order valence-electron chi connectivity index (χ2n) is 13.4. The van der Waals surface area contributed by atoms with Crippen molar-refractivity contribution in [3.05, 3.63) is 52.0 Å². The van der Waals surface area contributed by atoms with Gasteiger partial charge >= 0.3 is 0 Å². The second-order valence-corrected chi connectivity index (χ2v) is 13.4. The molecule has 0 aliphatic heterocycles. The molecule has 4 aliphatic carbocycles. The molecule has 41 heavy (non-hydrogen) atoms. The second kappa shape index (κ2) is 9.38. The van der Waals surface area contributed by atoms with Crippen molar-refractivity contribution in [1.29, 1.82) is 0 Å². The van der Waals surface area contributed by atoms with Gasteiger partial charge in [-0.3, -0.25) is 19.2 Å². The Hall–Kier alpha value is -3.26. The number of allylic oxidation sites excluding steroid dienone is 2. The molecule has 220 valence electrons. The van der Waals surface area contributed by atoms with Gasteiger partial charge in [-0.25, -0.2) is 0 Å². The number of aromatic hydroxyl groups is 1. The van der Waals surface area contributed by atoms with Gasteiger partial charge in [0, 0.05) is 34.7 Å². The number of ketones is 4. The number of phenols is 1. The first-order chi connectivity index (χ1) is 19.1. The minimum atomic E-state index is -2.78. The van der Waals surface area contributed by atoms with Gasteiger partial charge in [0.2, 0.25) is 5.78 Å². The summed E-state index contributed by atoms with van der Waals surface area (Å²) < 4.78 is 0. The smallest absolute Gasteiger partial charge is 0.209 e. The van der Waals surface area contributed by atoms with Crippen LogP contribution in [0.25, 0.3) is 0 Å². The number of fused-ring (bicyclic) bond motifs is 3. The number of Topliss-reactive ketones (excluding diaryl/α,β-unsaturated/α-hetero) is 4. The topological polar surface area (TPSA) is 149 Å². The monoisotopic (exact) mass is 564 g/mol. The van der Waals surface area contributed by atoms with Gasteiger partial charge < -0.3 is 20.4 Å². The maximum absolute atomic E-state index is 14.2. The molecule has 0 heterocycles. The number of aliphatic hydroxyl groups is 3. The molecule has 1 aromatic rings. The molecule has 0 saturated heterocycles. The molecular formula is C33H40O8. The predicted molar refractivity (Wildman–Crippen MR) is 150 cm³/mol. The van der Waals surface area contributed by atoms with Gasteiger partial charge in [0.1, 0.15) is 28.6 Å². The molecule has 1 unspecified atom stereocenters. The van der Waals surface area contributed by atoms with Crippen molar-refractivity contribution < 1.29 is 39.6 Å². The van der Waals surface area contributed by atoms with Gasteiger partial charge in [-0.15, -0.1) is 0 Å². The van der Waals surface area contributed by atoms with Crippen LogP contribution in [0.15, 0.2) is 40.9 Å². The number of rotatable bonds is 5. The number of carbonyl (C=O) groups excluding carboxylic acids is 4. The van der Waals surface area contributed by atoms with E-state index < -0.39 is 74.5 Å². The number of carbonyl (C=O) groups is 4.